The van der Waals surface area contributed by atoms with Crippen LogP contribution in [-0.2, 0) is 0 Å². The Labute approximate surface area is 110 Å². The molecule has 1 aromatic carbocycles. The fourth-order valence-corrected chi connectivity index (χ4v) is 2.83. The molecular formula is C10H9BrN2OS2. The van der Waals surface area contributed by atoms with Crippen LogP contribution >= 0.6 is 39.0 Å². The molecule has 0 saturated heterocycles. The molecule has 0 aliphatic rings. The van der Waals surface area contributed by atoms with Crippen molar-refractivity contribution in [2.24, 2.45) is 0 Å². The predicted octanol–water partition coefficient (Wildman–Crippen LogP) is 3.47. The van der Waals surface area contributed by atoms with Gasteiger partial charge in [0.2, 0.25) is 0 Å². The molecule has 0 unspecified atom stereocenters. The molecule has 0 radical (unpaired) electrons. The van der Waals surface area contributed by atoms with E-state index in [4.69, 9.17) is 4.74 Å². The highest BCUT2D eigenvalue weighted by Gasteiger charge is 1.98. The van der Waals surface area contributed by atoms with Crippen LogP contribution < -0.4 is 4.74 Å². The van der Waals surface area contributed by atoms with E-state index in [1.807, 2.05) is 24.3 Å². The van der Waals surface area contributed by atoms with Crippen LogP contribution in [0.3, 0.4) is 0 Å². The molecule has 16 heavy (non-hydrogen) atoms. The lowest BCUT2D eigenvalue weighted by molar-refractivity contribution is 0.344. The Hall–Kier alpha value is -0.590. The summed E-state index contributed by atoms with van der Waals surface area (Å²) < 4.78 is 7.60. The van der Waals surface area contributed by atoms with E-state index in [1.54, 1.807) is 28.6 Å². The Balaban J connectivity index is 1.72. The summed E-state index contributed by atoms with van der Waals surface area (Å²) in [5.41, 5.74) is 1.73. The number of rotatable bonds is 5. The molecule has 0 aliphatic heterocycles. The van der Waals surface area contributed by atoms with Crippen molar-refractivity contribution in [2.45, 2.75) is 4.34 Å². The Morgan fingerprint density at radius 1 is 1.44 bits per heavy atom. The molecule has 0 amide bonds. The highest BCUT2D eigenvalue weighted by Crippen LogP contribution is 2.20. The van der Waals surface area contributed by atoms with Crippen LogP contribution in [0.4, 0.5) is 0 Å². The van der Waals surface area contributed by atoms with Gasteiger partial charge >= 0.3 is 0 Å². The number of aromatic nitrogens is 2. The number of nitrogens with zero attached hydrogens (tertiary/aromatic N) is 2. The molecule has 2 aromatic rings. The van der Waals surface area contributed by atoms with Gasteiger partial charge in [0.25, 0.3) is 0 Å². The summed E-state index contributed by atoms with van der Waals surface area (Å²) in [5, 5.41) is 7.71. The number of ether oxygens (including phenoxy) is 1. The summed E-state index contributed by atoms with van der Waals surface area (Å²) in [6.07, 6.45) is 0. The molecule has 3 nitrogen and oxygen atoms in total. The van der Waals surface area contributed by atoms with Crippen LogP contribution in [0, 0.1) is 0 Å². The smallest absolute Gasteiger partial charge is 0.174 e. The minimum Gasteiger partial charge on any atom is -0.493 e. The van der Waals surface area contributed by atoms with Crippen LogP contribution in [0.5, 0.6) is 5.75 Å². The molecule has 0 spiro atoms. The molecule has 1 aromatic heterocycles. The van der Waals surface area contributed by atoms with E-state index in [0.717, 1.165) is 20.3 Å². The first kappa shape index (κ1) is 11.9. The second-order valence-corrected chi connectivity index (χ2v) is 5.95. The standard InChI is InChI=1S/C10H9BrN2OS2/c11-8-2-1-3-9(6-8)14-4-5-15-10-13-12-7-16-10/h1-3,6-7H,4-5H2. The van der Waals surface area contributed by atoms with Gasteiger partial charge < -0.3 is 4.74 Å². The number of thioether (sulfide) groups is 1. The van der Waals surface area contributed by atoms with Gasteiger partial charge in [0, 0.05) is 10.2 Å². The minimum absolute atomic E-state index is 0.667. The lowest BCUT2D eigenvalue weighted by Crippen LogP contribution is -1.99. The second-order valence-electron chi connectivity index (χ2n) is 2.86. The summed E-state index contributed by atoms with van der Waals surface area (Å²) in [5.74, 6) is 1.76. The monoisotopic (exact) mass is 316 g/mol. The Morgan fingerprint density at radius 3 is 3.12 bits per heavy atom. The van der Waals surface area contributed by atoms with Crippen molar-refractivity contribution >= 4 is 39.0 Å². The average molecular weight is 317 g/mol. The van der Waals surface area contributed by atoms with Crippen molar-refractivity contribution < 1.29 is 4.74 Å². The quantitative estimate of drug-likeness (QED) is 0.625. The first-order valence-corrected chi connectivity index (χ1v) is 7.28. The highest BCUT2D eigenvalue weighted by atomic mass is 79.9. The van der Waals surface area contributed by atoms with Gasteiger partial charge in [-0.15, -0.1) is 10.2 Å². The van der Waals surface area contributed by atoms with Crippen LogP contribution in [0.2, 0.25) is 0 Å². The van der Waals surface area contributed by atoms with E-state index in [9.17, 15) is 0 Å². The Bertz CT molecular complexity index is 436. The number of benzene rings is 1. The van der Waals surface area contributed by atoms with E-state index in [-0.39, 0.29) is 0 Å². The van der Waals surface area contributed by atoms with Gasteiger partial charge in [0.15, 0.2) is 4.34 Å². The number of halogens is 1. The predicted molar refractivity (Wildman–Crippen MR) is 70.3 cm³/mol. The third-order valence-corrected chi connectivity index (χ3v) is 4.03. The normalized spacial score (nSPS) is 10.3. The average Bonchev–Trinajstić information content (AvgIpc) is 2.77. The van der Waals surface area contributed by atoms with E-state index < -0.39 is 0 Å². The molecule has 0 aliphatic carbocycles. The summed E-state index contributed by atoms with van der Waals surface area (Å²) in [7, 11) is 0. The third-order valence-electron chi connectivity index (χ3n) is 1.71. The van der Waals surface area contributed by atoms with Crippen LogP contribution in [0.25, 0.3) is 0 Å². The maximum absolute atomic E-state index is 5.59. The Morgan fingerprint density at radius 2 is 2.38 bits per heavy atom. The van der Waals surface area contributed by atoms with E-state index in [1.165, 1.54) is 0 Å². The molecule has 0 saturated carbocycles. The van der Waals surface area contributed by atoms with Crippen molar-refractivity contribution in [3.63, 3.8) is 0 Å². The van der Waals surface area contributed by atoms with Crippen molar-refractivity contribution in [3.8, 4) is 5.75 Å². The summed E-state index contributed by atoms with van der Waals surface area (Å²) >= 11 is 6.61. The highest BCUT2D eigenvalue weighted by molar-refractivity contribution is 9.10. The van der Waals surface area contributed by atoms with Gasteiger partial charge in [-0.25, -0.2) is 0 Å². The first-order chi connectivity index (χ1) is 7.84. The topological polar surface area (TPSA) is 35.0 Å². The zero-order valence-corrected chi connectivity index (χ0v) is 11.5. The van der Waals surface area contributed by atoms with E-state index in [0.29, 0.717) is 6.61 Å². The fraction of sp³-hybridized carbons (Fsp3) is 0.200. The third kappa shape index (κ3) is 3.77. The molecule has 0 fully saturated rings. The van der Waals surface area contributed by atoms with Crippen LogP contribution in [0.1, 0.15) is 0 Å². The molecule has 0 N–H and O–H groups in total. The van der Waals surface area contributed by atoms with Crippen LogP contribution in [-0.4, -0.2) is 22.6 Å². The molecule has 0 bridgehead atoms. The van der Waals surface area contributed by atoms with Crippen molar-refractivity contribution in [1.29, 1.82) is 0 Å². The lowest BCUT2D eigenvalue weighted by Gasteiger charge is -2.04. The second kappa shape index (κ2) is 6.22. The minimum atomic E-state index is 0.667. The van der Waals surface area contributed by atoms with E-state index in [2.05, 4.69) is 26.1 Å². The van der Waals surface area contributed by atoms with Crippen molar-refractivity contribution in [2.75, 3.05) is 12.4 Å². The van der Waals surface area contributed by atoms with Gasteiger partial charge in [0.05, 0.1) is 6.61 Å². The van der Waals surface area contributed by atoms with Gasteiger partial charge in [0.1, 0.15) is 11.3 Å². The summed E-state index contributed by atoms with van der Waals surface area (Å²) in [4.78, 5) is 0. The van der Waals surface area contributed by atoms with Crippen molar-refractivity contribution in [3.05, 3.63) is 34.2 Å². The fourth-order valence-electron chi connectivity index (χ4n) is 1.07. The zero-order valence-electron chi connectivity index (χ0n) is 8.30. The Kier molecular flexibility index (Phi) is 4.62. The zero-order chi connectivity index (χ0) is 11.2. The van der Waals surface area contributed by atoms with E-state index >= 15 is 0 Å². The maximum atomic E-state index is 5.59. The molecule has 84 valence electrons. The van der Waals surface area contributed by atoms with Gasteiger partial charge in [-0.2, -0.15) is 0 Å². The van der Waals surface area contributed by atoms with Crippen molar-refractivity contribution in [1.82, 2.24) is 10.2 Å². The van der Waals surface area contributed by atoms with Gasteiger partial charge in [-0.3, -0.25) is 0 Å². The lowest BCUT2D eigenvalue weighted by atomic mass is 10.3. The summed E-state index contributed by atoms with van der Waals surface area (Å²) in [6.45, 7) is 0.667. The molecule has 2 rings (SSSR count). The first-order valence-electron chi connectivity index (χ1n) is 4.62. The number of hydrogen-bond donors (Lipinski definition) is 0. The molecule has 0 atom stereocenters. The van der Waals surface area contributed by atoms with Gasteiger partial charge in [-0.1, -0.05) is 45.1 Å². The molecular weight excluding hydrogens is 308 g/mol. The van der Waals surface area contributed by atoms with Gasteiger partial charge in [-0.05, 0) is 18.2 Å². The SMILES string of the molecule is Brc1cccc(OCCSc2nncs2)c1. The number of hydrogen-bond acceptors (Lipinski definition) is 5. The van der Waals surface area contributed by atoms with Crippen LogP contribution in [0.15, 0.2) is 38.6 Å². The summed E-state index contributed by atoms with van der Waals surface area (Å²) in [6, 6.07) is 7.83. The molecule has 6 heteroatoms. The largest absolute Gasteiger partial charge is 0.493 e. The molecule has 1 heterocycles. The maximum Gasteiger partial charge on any atom is 0.174 e.